The van der Waals surface area contributed by atoms with Gasteiger partial charge in [-0.05, 0) is 43.0 Å². The lowest BCUT2D eigenvalue weighted by Gasteiger charge is -2.35. The van der Waals surface area contributed by atoms with Crippen LogP contribution in [0.5, 0.6) is 0 Å². The standard InChI is InChI=1S/C21H31N3O2S/c1-21(2,3)16-9-7-15(8-10-16)19(25)24-14-27-13-18(24)20(26)23-11-5-6-17(12-23)22-4/h7-10,17-18,22H,5-6,11-14H2,1-4H3. The van der Waals surface area contributed by atoms with Crippen LogP contribution in [0.1, 0.15) is 49.5 Å². The molecule has 2 aliphatic rings. The first-order valence-electron chi connectivity index (χ1n) is 9.76. The van der Waals surface area contributed by atoms with E-state index in [-0.39, 0.29) is 23.3 Å². The third kappa shape index (κ3) is 4.49. The van der Waals surface area contributed by atoms with Crippen LogP contribution in [-0.2, 0) is 10.2 Å². The number of benzene rings is 1. The summed E-state index contributed by atoms with van der Waals surface area (Å²) >= 11 is 1.66. The van der Waals surface area contributed by atoms with Gasteiger partial charge in [0.2, 0.25) is 5.91 Å². The van der Waals surface area contributed by atoms with Crippen LogP contribution < -0.4 is 5.32 Å². The summed E-state index contributed by atoms with van der Waals surface area (Å²) in [6, 6.07) is 7.84. The molecule has 2 fully saturated rings. The number of rotatable bonds is 3. The topological polar surface area (TPSA) is 52.7 Å². The molecule has 6 heteroatoms. The predicted molar refractivity (Wildman–Crippen MR) is 111 cm³/mol. The lowest BCUT2D eigenvalue weighted by molar-refractivity contribution is -0.136. The Morgan fingerprint density at radius 3 is 2.52 bits per heavy atom. The number of thioether (sulfide) groups is 1. The Hall–Kier alpha value is -1.53. The Bertz CT molecular complexity index is 684. The monoisotopic (exact) mass is 389 g/mol. The summed E-state index contributed by atoms with van der Waals surface area (Å²) in [4.78, 5) is 29.8. The summed E-state index contributed by atoms with van der Waals surface area (Å²) in [7, 11) is 1.95. The van der Waals surface area contributed by atoms with E-state index in [0.29, 0.717) is 23.2 Å². The molecule has 2 unspecified atom stereocenters. The van der Waals surface area contributed by atoms with E-state index in [1.165, 1.54) is 5.56 Å². The minimum Gasteiger partial charge on any atom is -0.339 e. The van der Waals surface area contributed by atoms with Gasteiger partial charge in [-0.3, -0.25) is 9.59 Å². The molecule has 5 nitrogen and oxygen atoms in total. The Labute approximate surface area is 166 Å². The van der Waals surface area contributed by atoms with E-state index in [2.05, 4.69) is 26.1 Å². The molecule has 0 aliphatic carbocycles. The second kappa shape index (κ2) is 8.23. The van der Waals surface area contributed by atoms with Crippen molar-refractivity contribution in [2.24, 2.45) is 0 Å². The van der Waals surface area contributed by atoms with Crippen LogP contribution in [0.2, 0.25) is 0 Å². The summed E-state index contributed by atoms with van der Waals surface area (Å²) in [5.74, 6) is 1.32. The van der Waals surface area contributed by atoms with E-state index in [1.807, 2.05) is 36.2 Å². The average Bonchev–Trinajstić information content (AvgIpc) is 3.16. The highest BCUT2D eigenvalue weighted by Crippen LogP contribution is 2.27. The van der Waals surface area contributed by atoms with Crippen molar-refractivity contribution in [1.82, 2.24) is 15.1 Å². The van der Waals surface area contributed by atoms with Crippen LogP contribution in [0, 0.1) is 0 Å². The number of carbonyl (C=O) groups is 2. The molecule has 0 radical (unpaired) electrons. The molecule has 2 atom stereocenters. The summed E-state index contributed by atoms with van der Waals surface area (Å²) in [6.45, 7) is 8.01. The third-order valence-electron chi connectivity index (χ3n) is 5.57. The normalized spacial score (nSPS) is 23.6. The highest BCUT2D eigenvalue weighted by atomic mass is 32.2. The number of piperidine rings is 1. The SMILES string of the molecule is CNC1CCCN(C(=O)C2CSCN2C(=O)c2ccc(C(C)(C)C)cc2)C1. The van der Waals surface area contributed by atoms with Gasteiger partial charge in [0.1, 0.15) is 6.04 Å². The molecule has 2 heterocycles. The fourth-order valence-corrected chi connectivity index (χ4v) is 4.89. The Morgan fingerprint density at radius 1 is 1.19 bits per heavy atom. The molecule has 2 amide bonds. The van der Waals surface area contributed by atoms with E-state index in [9.17, 15) is 9.59 Å². The molecule has 3 rings (SSSR count). The zero-order chi connectivity index (χ0) is 19.6. The van der Waals surface area contributed by atoms with Crippen LogP contribution in [0.4, 0.5) is 0 Å². The van der Waals surface area contributed by atoms with Crippen molar-refractivity contribution < 1.29 is 9.59 Å². The van der Waals surface area contributed by atoms with Gasteiger partial charge < -0.3 is 15.1 Å². The van der Waals surface area contributed by atoms with Crippen LogP contribution in [-0.4, -0.2) is 65.5 Å². The van der Waals surface area contributed by atoms with Crippen LogP contribution in [0.25, 0.3) is 0 Å². The zero-order valence-electron chi connectivity index (χ0n) is 16.8. The molecule has 0 aromatic heterocycles. The van der Waals surface area contributed by atoms with Crippen LogP contribution in [0.15, 0.2) is 24.3 Å². The van der Waals surface area contributed by atoms with Crippen molar-refractivity contribution in [2.45, 2.75) is 51.1 Å². The number of likely N-dealkylation sites (N-methyl/N-ethyl adjacent to an activating group) is 1. The molecule has 2 aliphatic heterocycles. The molecule has 27 heavy (non-hydrogen) atoms. The minimum atomic E-state index is -0.347. The number of likely N-dealkylation sites (tertiary alicyclic amines) is 1. The molecule has 1 aromatic carbocycles. The predicted octanol–water partition coefficient (Wildman–Crippen LogP) is 2.71. The molecular weight excluding hydrogens is 358 g/mol. The van der Waals surface area contributed by atoms with Crippen molar-refractivity contribution in [3.8, 4) is 0 Å². The number of carbonyl (C=O) groups excluding carboxylic acids is 2. The number of hydrogen-bond donors (Lipinski definition) is 1. The van der Waals surface area contributed by atoms with Gasteiger partial charge in [-0.1, -0.05) is 32.9 Å². The first-order chi connectivity index (χ1) is 12.8. The van der Waals surface area contributed by atoms with Crippen molar-refractivity contribution in [1.29, 1.82) is 0 Å². The van der Waals surface area contributed by atoms with Gasteiger partial charge in [-0.15, -0.1) is 11.8 Å². The van der Waals surface area contributed by atoms with E-state index in [1.54, 1.807) is 16.7 Å². The Kier molecular flexibility index (Phi) is 6.16. The molecule has 0 bridgehead atoms. The van der Waals surface area contributed by atoms with Crippen LogP contribution >= 0.6 is 11.8 Å². The van der Waals surface area contributed by atoms with E-state index >= 15 is 0 Å². The lowest BCUT2D eigenvalue weighted by atomic mass is 9.86. The van der Waals surface area contributed by atoms with E-state index in [0.717, 1.165) is 25.9 Å². The summed E-state index contributed by atoms with van der Waals surface area (Å²) in [5.41, 5.74) is 1.92. The maximum absolute atomic E-state index is 13.1. The number of amides is 2. The maximum Gasteiger partial charge on any atom is 0.255 e. The van der Waals surface area contributed by atoms with Gasteiger partial charge in [0.05, 0.1) is 5.88 Å². The first kappa shape index (κ1) is 20.2. The minimum absolute atomic E-state index is 0.0408. The summed E-state index contributed by atoms with van der Waals surface area (Å²) < 4.78 is 0. The number of hydrogen-bond acceptors (Lipinski definition) is 4. The molecule has 0 saturated carbocycles. The van der Waals surface area contributed by atoms with Crippen molar-refractivity contribution in [3.63, 3.8) is 0 Å². The van der Waals surface area contributed by atoms with Crippen LogP contribution in [0.3, 0.4) is 0 Å². The highest BCUT2D eigenvalue weighted by molar-refractivity contribution is 7.99. The molecular formula is C21H31N3O2S. The molecule has 1 N–H and O–H groups in total. The van der Waals surface area contributed by atoms with Crippen molar-refractivity contribution in [3.05, 3.63) is 35.4 Å². The van der Waals surface area contributed by atoms with Crippen molar-refractivity contribution in [2.75, 3.05) is 31.8 Å². The number of nitrogens with one attached hydrogen (secondary N) is 1. The second-order valence-electron chi connectivity index (χ2n) is 8.53. The zero-order valence-corrected chi connectivity index (χ0v) is 17.6. The first-order valence-corrected chi connectivity index (χ1v) is 10.9. The van der Waals surface area contributed by atoms with E-state index < -0.39 is 0 Å². The maximum atomic E-state index is 13.1. The van der Waals surface area contributed by atoms with Gasteiger partial charge in [0.25, 0.3) is 5.91 Å². The Balaban J connectivity index is 1.71. The average molecular weight is 390 g/mol. The fraction of sp³-hybridized carbons (Fsp3) is 0.619. The second-order valence-corrected chi connectivity index (χ2v) is 9.53. The lowest BCUT2D eigenvalue weighted by Crippen LogP contribution is -2.54. The molecule has 0 spiro atoms. The van der Waals surface area contributed by atoms with Gasteiger partial charge >= 0.3 is 0 Å². The quantitative estimate of drug-likeness (QED) is 0.864. The molecule has 2 saturated heterocycles. The summed E-state index contributed by atoms with van der Waals surface area (Å²) in [6.07, 6.45) is 2.11. The van der Waals surface area contributed by atoms with Gasteiger partial charge in [-0.2, -0.15) is 0 Å². The molecule has 148 valence electrons. The Morgan fingerprint density at radius 2 is 1.89 bits per heavy atom. The number of nitrogens with zero attached hydrogens (tertiary/aromatic N) is 2. The summed E-state index contributed by atoms with van der Waals surface area (Å²) in [5, 5.41) is 3.28. The highest BCUT2D eigenvalue weighted by Gasteiger charge is 2.38. The smallest absolute Gasteiger partial charge is 0.255 e. The van der Waals surface area contributed by atoms with Gasteiger partial charge in [-0.25, -0.2) is 0 Å². The van der Waals surface area contributed by atoms with Gasteiger partial charge in [0, 0.05) is 30.4 Å². The molecule has 1 aromatic rings. The van der Waals surface area contributed by atoms with Crippen molar-refractivity contribution >= 4 is 23.6 Å². The fourth-order valence-electron chi connectivity index (χ4n) is 3.75. The van der Waals surface area contributed by atoms with E-state index in [4.69, 9.17) is 0 Å². The third-order valence-corrected chi connectivity index (χ3v) is 6.58. The van der Waals surface area contributed by atoms with Gasteiger partial charge in [0.15, 0.2) is 0 Å². The largest absolute Gasteiger partial charge is 0.339 e.